The van der Waals surface area contributed by atoms with Crippen molar-refractivity contribution < 1.29 is 19.1 Å². The van der Waals surface area contributed by atoms with Crippen LogP contribution in [0.2, 0.25) is 5.02 Å². The number of hydrogen-bond donors (Lipinski definition) is 1. The highest BCUT2D eigenvalue weighted by atomic mass is 35.5. The first kappa shape index (κ1) is 30.6. The number of nitrogens with zero attached hydrogens (tertiary/aromatic N) is 5. The van der Waals surface area contributed by atoms with Crippen molar-refractivity contribution in [2.45, 2.75) is 51.2 Å². The van der Waals surface area contributed by atoms with Crippen molar-refractivity contribution in [2.75, 3.05) is 11.9 Å². The Kier molecular flexibility index (Phi) is 9.20. The number of likely N-dealkylation sites (tertiary alicyclic amines) is 1. The summed E-state index contributed by atoms with van der Waals surface area (Å²) in [5.41, 5.74) is 2.53. The van der Waals surface area contributed by atoms with Crippen molar-refractivity contribution in [3.05, 3.63) is 107 Å². The van der Waals surface area contributed by atoms with Gasteiger partial charge in [0.25, 0.3) is 0 Å². The molecule has 0 radical (unpaired) electrons. The minimum absolute atomic E-state index is 0.216. The van der Waals surface area contributed by atoms with E-state index in [0.717, 1.165) is 18.4 Å². The molecule has 44 heavy (non-hydrogen) atoms. The third kappa shape index (κ3) is 7.38. The Morgan fingerprint density at radius 3 is 2.45 bits per heavy atom. The SMILES string of the molecule is CC(C)(C)OC(=O)c1ccc(NC(=O)C2C(c3ccccc3)CCCN2C(=O)C=Cc2cc(Cl)ccc2-n2cnnn2)cc1. The topological polar surface area (TPSA) is 119 Å². The molecule has 2 amide bonds. The smallest absolute Gasteiger partial charge is 0.338 e. The van der Waals surface area contributed by atoms with E-state index in [2.05, 4.69) is 20.8 Å². The van der Waals surface area contributed by atoms with Gasteiger partial charge in [-0.3, -0.25) is 9.59 Å². The third-order valence-corrected chi connectivity index (χ3v) is 7.42. The zero-order valence-corrected chi connectivity index (χ0v) is 25.4. The normalized spacial score (nSPS) is 17.0. The minimum atomic E-state index is -0.771. The molecule has 2 heterocycles. The lowest BCUT2D eigenvalue weighted by atomic mass is 9.82. The second-order valence-electron chi connectivity index (χ2n) is 11.5. The number of ether oxygens (including phenoxy) is 1. The predicted octanol–water partition coefficient (Wildman–Crippen LogP) is 5.70. The monoisotopic (exact) mass is 612 g/mol. The van der Waals surface area contributed by atoms with Crippen LogP contribution in [0.1, 0.15) is 61.0 Å². The number of hydrogen-bond acceptors (Lipinski definition) is 7. The van der Waals surface area contributed by atoms with Crippen molar-refractivity contribution >= 4 is 41.1 Å². The maximum Gasteiger partial charge on any atom is 0.338 e. The summed E-state index contributed by atoms with van der Waals surface area (Å²) in [5.74, 6) is -1.29. The average Bonchev–Trinajstić information content (AvgIpc) is 3.54. The number of halogens is 1. The van der Waals surface area contributed by atoms with Gasteiger partial charge in [-0.1, -0.05) is 41.9 Å². The summed E-state index contributed by atoms with van der Waals surface area (Å²) in [7, 11) is 0. The number of carbonyl (C=O) groups is 3. The van der Waals surface area contributed by atoms with Crippen LogP contribution in [0, 0.1) is 0 Å². The fraction of sp³-hybridized carbons (Fsp3) is 0.273. The molecular formula is C33H33ClN6O4. The van der Waals surface area contributed by atoms with Crippen LogP contribution in [0.25, 0.3) is 11.8 Å². The standard InChI is InChI=1S/C33H33ClN6O4/c1-33(2,3)44-32(43)23-11-15-26(16-12-23)36-31(42)30-27(22-8-5-4-6-9-22)10-7-19-39(30)29(41)18-13-24-20-25(34)14-17-28(24)40-21-35-37-38-40/h4-6,8-9,11-18,20-21,27,30H,7,10,19H2,1-3H3,(H,36,42). The Morgan fingerprint density at radius 1 is 1.02 bits per heavy atom. The maximum atomic E-state index is 13.9. The zero-order chi connectivity index (χ0) is 31.3. The van der Waals surface area contributed by atoms with Gasteiger partial charge >= 0.3 is 5.97 Å². The molecule has 0 aliphatic carbocycles. The molecule has 0 bridgehead atoms. The number of esters is 1. The lowest BCUT2D eigenvalue weighted by Crippen LogP contribution is -2.53. The molecule has 1 fully saturated rings. The molecule has 0 spiro atoms. The largest absolute Gasteiger partial charge is 0.456 e. The molecule has 11 heteroatoms. The van der Waals surface area contributed by atoms with Crippen LogP contribution in [-0.2, 0) is 14.3 Å². The van der Waals surface area contributed by atoms with E-state index in [0.29, 0.717) is 34.1 Å². The van der Waals surface area contributed by atoms with Crippen LogP contribution in [0.15, 0.2) is 85.2 Å². The molecule has 3 aromatic carbocycles. The number of rotatable bonds is 7. The molecule has 2 unspecified atom stereocenters. The summed E-state index contributed by atoms with van der Waals surface area (Å²) in [6, 6.07) is 20.7. The van der Waals surface area contributed by atoms with E-state index in [4.69, 9.17) is 16.3 Å². The summed E-state index contributed by atoms with van der Waals surface area (Å²) < 4.78 is 6.92. The van der Waals surface area contributed by atoms with Gasteiger partial charge in [-0.05, 0) is 98.1 Å². The summed E-state index contributed by atoms with van der Waals surface area (Å²) in [6.45, 7) is 5.82. The molecule has 226 valence electrons. The number of nitrogens with one attached hydrogen (secondary N) is 1. The van der Waals surface area contributed by atoms with Gasteiger partial charge < -0.3 is 15.0 Å². The number of anilines is 1. The fourth-order valence-electron chi connectivity index (χ4n) is 5.26. The van der Waals surface area contributed by atoms with Gasteiger partial charge in [0.1, 0.15) is 18.0 Å². The quantitative estimate of drug-likeness (QED) is 0.210. The molecule has 1 saturated heterocycles. The van der Waals surface area contributed by atoms with Crippen LogP contribution < -0.4 is 5.32 Å². The van der Waals surface area contributed by atoms with Crippen LogP contribution in [0.5, 0.6) is 0 Å². The number of amides is 2. The molecular weight excluding hydrogens is 580 g/mol. The Bertz CT molecular complexity index is 1650. The lowest BCUT2D eigenvalue weighted by molar-refractivity contribution is -0.137. The molecule has 1 aromatic heterocycles. The summed E-state index contributed by atoms with van der Waals surface area (Å²) >= 11 is 6.26. The third-order valence-electron chi connectivity index (χ3n) is 7.19. The van der Waals surface area contributed by atoms with Gasteiger partial charge in [0.05, 0.1) is 11.3 Å². The van der Waals surface area contributed by atoms with Gasteiger partial charge in [-0.15, -0.1) is 5.10 Å². The Hall–Kier alpha value is -4.83. The van der Waals surface area contributed by atoms with E-state index in [1.165, 1.54) is 17.1 Å². The van der Waals surface area contributed by atoms with Gasteiger partial charge in [-0.25, -0.2) is 4.79 Å². The zero-order valence-electron chi connectivity index (χ0n) is 24.7. The van der Waals surface area contributed by atoms with E-state index in [-0.39, 0.29) is 17.7 Å². The highest BCUT2D eigenvalue weighted by Gasteiger charge is 2.39. The Labute approximate surface area is 260 Å². The van der Waals surface area contributed by atoms with Crippen molar-refractivity contribution in [1.29, 1.82) is 0 Å². The van der Waals surface area contributed by atoms with Crippen molar-refractivity contribution in [2.24, 2.45) is 0 Å². The van der Waals surface area contributed by atoms with Gasteiger partial charge in [0.2, 0.25) is 11.8 Å². The fourth-order valence-corrected chi connectivity index (χ4v) is 5.44. The number of tetrazole rings is 1. The van der Waals surface area contributed by atoms with E-state index < -0.39 is 17.6 Å². The number of aromatic nitrogens is 4. The van der Waals surface area contributed by atoms with Crippen molar-refractivity contribution in [3.8, 4) is 5.69 Å². The summed E-state index contributed by atoms with van der Waals surface area (Å²) in [6.07, 6.45) is 6.04. The summed E-state index contributed by atoms with van der Waals surface area (Å²) in [4.78, 5) is 41.8. The molecule has 10 nitrogen and oxygen atoms in total. The van der Waals surface area contributed by atoms with E-state index in [9.17, 15) is 14.4 Å². The van der Waals surface area contributed by atoms with Crippen molar-refractivity contribution in [3.63, 3.8) is 0 Å². The van der Waals surface area contributed by atoms with Crippen LogP contribution in [0.4, 0.5) is 5.69 Å². The van der Waals surface area contributed by atoms with E-state index in [1.807, 2.05) is 30.3 Å². The Morgan fingerprint density at radius 2 is 1.77 bits per heavy atom. The predicted molar refractivity (Wildman–Crippen MR) is 167 cm³/mol. The molecule has 4 aromatic rings. The molecule has 1 aliphatic heterocycles. The molecule has 1 aliphatic rings. The first-order valence-corrected chi connectivity index (χ1v) is 14.7. The second kappa shape index (κ2) is 13.2. The van der Waals surface area contributed by atoms with Gasteiger partial charge in [0.15, 0.2) is 0 Å². The first-order chi connectivity index (χ1) is 21.1. The number of benzene rings is 3. The van der Waals surface area contributed by atoms with Gasteiger partial charge in [-0.2, -0.15) is 4.68 Å². The Balaban J connectivity index is 1.40. The first-order valence-electron chi connectivity index (χ1n) is 14.3. The number of carbonyl (C=O) groups excluding carboxylic acids is 3. The number of piperidine rings is 1. The highest BCUT2D eigenvalue weighted by Crippen LogP contribution is 2.34. The molecule has 2 atom stereocenters. The second-order valence-corrected chi connectivity index (χ2v) is 11.9. The van der Waals surface area contributed by atoms with Crippen LogP contribution >= 0.6 is 11.6 Å². The minimum Gasteiger partial charge on any atom is -0.456 e. The maximum absolute atomic E-state index is 13.9. The van der Waals surface area contributed by atoms with Crippen LogP contribution in [0.3, 0.4) is 0 Å². The van der Waals surface area contributed by atoms with Crippen LogP contribution in [-0.4, -0.2) is 61.1 Å². The van der Waals surface area contributed by atoms with E-state index >= 15 is 0 Å². The molecule has 0 saturated carbocycles. The van der Waals surface area contributed by atoms with Gasteiger partial charge in [0, 0.05) is 34.8 Å². The summed E-state index contributed by atoms with van der Waals surface area (Å²) in [5, 5.41) is 14.8. The molecule has 1 N–H and O–H groups in total. The van der Waals surface area contributed by atoms with Crippen molar-refractivity contribution in [1.82, 2.24) is 25.1 Å². The molecule has 5 rings (SSSR count). The highest BCUT2D eigenvalue weighted by molar-refractivity contribution is 6.30. The van der Waals surface area contributed by atoms with E-state index in [1.54, 1.807) is 74.2 Å². The lowest BCUT2D eigenvalue weighted by Gasteiger charge is -2.40. The average molecular weight is 613 g/mol.